The molecule has 0 spiro atoms. The fraction of sp³-hybridized carbons (Fsp3) is 0.600. The summed E-state index contributed by atoms with van der Waals surface area (Å²) in [6.07, 6.45) is 1.30. The highest BCUT2D eigenvalue weighted by molar-refractivity contribution is 9.10. The van der Waals surface area contributed by atoms with Crippen LogP contribution in [0.5, 0.6) is 0 Å². The molecule has 3 heteroatoms. The number of anilines is 1. The molecular formula is C15H23BrN2. The summed E-state index contributed by atoms with van der Waals surface area (Å²) < 4.78 is 1.22. The van der Waals surface area contributed by atoms with Gasteiger partial charge in [-0.1, -0.05) is 19.9 Å². The van der Waals surface area contributed by atoms with Gasteiger partial charge in [-0.3, -0.25) is 0 Å². The van der Waals surface area contributed by atoms with E-state index >= 15 is 0 Å². The average Bonchev–Trinajstić information content (AvgIpc) is 2.34. The molecule has 1 aromatic rings. The van der Waals surface area contributed by atoms with Gasteiger partial charge in [0.05, 0.1) is 5.69 Å². The monoisotopic (exact) mass is 310 g/mol. The maximum atomic E-state index is 3.72. The van der Waals surface area contributed by atoms with Crippen molar-refractivity contribution in [2.75, 3.05) is 25.0 Å². The number of nitrogens with one attached hydrogen (secondary N) is 1. The van der Waals surface area contributed by atoms with Gasteiger partial charge >= 0.3 is 0 Å². The molecule has 1 saturated heterocycles. The summed E-state index contributed by atoms with van der Waals surface area (Å²) in [5.41, 5.74) is 2.67. The number of piperidine rings is 1. The lowest BCUT2D eigenvalue weighted by atomic mass is 9.88. The SMILES string of the molecule is CNCc1ccc(N2CCC(C)C(C)C2)c(Br)c1. The number of hydrogen-bond acceptors (Lipinski definition) is 2. The van der Waals surface area contributed by atoms with Gasteiger partial charge in [-0.05, 0) is 58.9 Å². The first-order valence-corrected chi connectivity index (χ1v) is 7.59. The average molecular weight is 311 g/mol. The third kappa shape index (κ3) is 3.07. The molecule has 2 atom stereocenters. The fourth-order valence-electron chi connectivity index (χ4n) is 2.60. The first-order valence-electron chi connectivity index (χ1n) is 6.79. The van der Waals surface area contributed by atoms with Crippen molar-refractivity contribution in [1.82, 2.24) is 5.32 Å². The van der Waals surface area contributed by atoms with E-state index in [1.54, 1.807) is 0 Å². The Morgan fingerprint density at radius 2 is 2.11 bits per heavy atom. The normalized spacial score (nSPS) is 24.3. The van der Waals surface area contributed by atoms with E-state index in [-0.39, 0.29) is 0 Å². The second kappa shape index (κ2) is 6.07. The zero-order chi connectivity index (χ0) is 13.1. The Labute approximate surface area is 119 Å². The lowest BCUT2D eigenvalue weighted by molar-refractivity contribution is 0.324. The summed E-state index contributed by atoms with van der Waals surface area (Å²) in [5.74, 6) is 1.63. The molecule has 100 valence electrons. The molecule has 0 saturated carbocycles. The van der Waals surface area contributed by atoms with Crippen LogP contribution in [0.2, 0.25) is 0 Å². The summed E-state index contributed by atoms with van der Waals surface area (Å²) >= 11 is 3.72. The third-order valence-electron chi connectivity index (χ3n) is 4.07. The Balaban J connectivity index is 2.13. The van der Waals surface area contributed by atoms with Gasteiger partial charge in [-0.25, -0.2) is 0 Å². The van der Waals surface area contributed by atoms with Crippen molar-refractivity contribution >= 4 is 21.6 Å². The zero-order valence-corrected chi connectivity index (χ0v) is 13.1. The number of benzene rings is 1. The van der Waals surface area contributed by atoms with E-state index in [4.69, 9.17) is 0 Å². The molecule has 2 unspecified atom stereocenters. The minimum Gasteiger partial charge on any atom is -0.370 e. The van der Waals surface area contributed by atoms with Crippen molar-refractivity contribution in [3.63, 3.8) is 0 Å². The van der Waals surface area contributed by atoms with Crippen molar-refractivity contribution < 1.29 is 0 Å². The smallest absolute Gasteiger partial charge is 0.0510 e. The summed E-state index contributed by atoms with van der Waals surface area (Å²) in [6.45, 7) is 8.00. The Kier molecular flexibility index (Phi) is 4.68. The molecule has 1 aliphatic heterocycles. The number of hydrogen-bond donors (Lipinski definition) is 1. The molecule has 18 heavy (non-hydrogen) atoms. The first-order chi connectivity index (χ1) is 8.61. The van der Waals surface area contributed by atoms with Crippen LogP contribution in [0.4, 0.5) is 5.69 Å². The van der Waals surface area contributed by atoms with E-state index in [0.29, 0.717) is 0 Å². The highest BCUT2D eigenvalue weighted by atomic mass is 79.9. The lowest BCUT2D eigenvalue weighted by Gasteiger charge is -2.37. The standard InChI is InChI=1S/C15H23BrN2/c1-11-6-7-18(10-12(11)2)15-5-4-13(9-17-3)8-14(15)16/h4-5,8,11-12,17H,6-7,9-10H2,1-3H3. The Morgan fingerprint density at radius 3 is 2.72 bits per heavy atom. The van der Waals surface area contributed by atoms with Crippen LogP contribution in [-0.4, -0.2) is 20.1 Å². The van der Waals surface area contributed by atoms with Gasteiger partial charge in [-0.15, -0.1) is 0 Å². The summed E-state index contributed by atoms with van der Waals surface area (Å²) in [7, 11) is 1.98. The van der Waals surface area contributed by atoms with Crippen molar-refractivity contribution in [3.8, 4) is 0 Å². The second-order valence-corrected chi connectivity index (χ2v) is 6.36. The maximum Gasteiger partial charge on any atom is 0.0510 e. The number of halogens is 1. The van der Waals surface area contributed by atoms with E-state index in [0.717, 1.165) is 18.4 Å². The van der Waals surface area contributed by atoms with Gasteiger partial charge in [0.25, 0.3) is 0 Å². The van der Waals surface area contributed by atoms with Gasteiger partial charge in [-0.2, -0.15) is 0 Å². The maximum absolute atomic E-state index is 3.72. The van der Waals surface area contributed by atoms with Crippen LogP contribution >= 0.6 is 15.9 Å². The summed E-state index contributed by atoms with van der Waals surface area (Å²) in [5, 5.41) is 3.19. The highest BCUT2D eigenvalue weighted by Crippen LogP contribution is 2.32. The van der Waals surface area contributed by atoms with Gasteiger partial charge in [0.15, 0.2) is 0 Å². The molecule has 1 fully saturated rings. The van der Waals surface area contributed by atoms with Crippen LogP contribution in [-0.2, 0) is 6.54 Å². The van der Waals surface area contributed by atoms with Crippen LogP contribution < -0.4 is 10.2 Å². The van der Waals surface area contributed by atoms with Gasteiger partial charge in [0.2, 0.25) is 0 Å². The summed E-state index contributed by atoms with van der Waals surface area (Å²) in [4.78, 5) is 2.51. The number of rotatable bonds is 3. The van der Waals surface area contributed by atoms with E-state index in [1.807, 2.05) is 7.05 Å². The van der Waals surface area contributed by atoms with Gasteiger partial charge in [0, 0.05) is 24.1 Å². The fourth-order valence-corrected chi connectivity index (χ4v) is 3.28. The first kappa shape index (κ1) is 13.9. The Morgan fingerprint density at radius 1 is 1.33 bits per heavy atom. The molecule has 0 amide bonds. The van der Waals surface area contributed by atoms with Crippen molar-refractivity contribution in [1.29, 1.82) is 0 Å². The van der Waals surface area contributed by atoms with Crippen LogP contribution in [0.15, 0.2) is 22.7 Å². The molecule has 0 aliphatic carbocycles. The predicted octanol–water partition coefficient (Wildman–Crippen LogP) is 3.65. The summed E-state index contributed by atoms with van der Waals surface area (Å²) in [6, 6.07) is 6.70. The van der Waals surface area contributed by atoms with Crippen LogP contribution in [0.25, 0.3) is 0 Å². The minimum absolute atomic E-state index is 0.780. The van der Waals surface area contributed by atoms with E-state index in [9.17, 15) is 0 Å². The molecular weight excluding hydrogens is 288 g/mol. The molecule has 0 bridgehead atoms. The topological polar surface area (TPSA) is 15.3 Å². The lowest BCUT2D eigenvalue weighted by Crippen LogP contribution is -2.38. The number of nitrogens with zero attached hydrogens (tertiary/aromatic N) is 1. The highest BCUT2D eigenvalue weighted by Gasteiger charge is 2.23. The van der Waals surface area contributed by atoms with Gasteiger partial charge in [0.1, 0.15) is 0 Å². The minimum atomic E-state index is 0.780. The van der Waals surface area contributed by atoms with Gasteiger partial charge < -0.3 is 10.2 Å². The van der Waals surface area contributed by atoms with Crippen LogP contribution in [0.3, 0.4) is 0 Å². The molecule has 0 aromatic heterocycles. The van der Waals surface area contributed by atoms with Crippen LogP contribution in [0, 0.1) is 11.8 Å². The van der Waals surface area contributed by atoms with Crippen LogP contribution in [0.1, 0.15) is 25.8 Å². The molecule has 2 nitrogen and oxygen atoms in total. The molecule has 1 aliphatic rings. The van der Waals surface area contributed by atoms with Crippen molar-refractivity contribution in [3.05, 3.63) is 28.2 Å². The molecule has 1 N–H and O–H groups in total. The van der Waals surface area contributed by atoms with E-state index in [1.165, 1.54) is 35.2 Å². The van der Waals surface area contributed by atoms with E-state index < -0.39 is 0 Å². The molecule has 1 heterocycles. The third-order valence-corrected chi connectivity index (χ3v) is 4.70. The molecule has 1 aromatic carbocycles. The quantitative estimate of drug-likeness (QED) is 0.916. The largest absolute Gasteiger partial charge is 0.370 e. The van der Waals surface area contributed by atoms with Crippen molar-refractivity contribution in [2.45, 2.75) is 26.8 Å². The predicted molar refractivity (Wildman–Crippen MR) is 82.1 cm³/mol. The zero-order valence-electron chi connectivity index (χ0n) is 11.5. The Hall–Kier alpha value is -0.540. The van der Waals surface area contributed by atoms with E-state index in [2.05, 4.69) is 58.2 Å². The Bertz CT molecular complexity index is 405. The molecule has 2 rings (SSSR count). The second-order valence-electron chi connectivity index (χ2n) is 5.51. The molecule has 0 radical (unpaired) electrons. The van der Waals surface area contributed by atoms with Crippen molar-refractivity contribution in [2.24, 2.45) is 11.8 Å².